The highest BCUT2D eigenvalue weighted by molar-refractivity contribution is 7.92. The van der Waals surface area contributed by atoms with E-state index in [-0.39, 0.29) is 11.0 Å². The molecule has 2 atom stereocenters. The molecule has 0 amide bonds. The minimum atomic E-state index is -2.90. The maximum absolute atomic E-state index is 11.8. The van der Waals surface area contributed by atoms with Gasteiger partial charge in [-0.15, -0.1) is 0 Å². The van der Waals surface area contributed by atoms with E-state index in [1.807, 2.05) is 6.92 Å². The first-order chi connectivity index (χ1) is 7.79. The molecule has 0 radical (unpaired) electrons. The Balaban J connectivity index is 3.83. The molecule has 0 rings (SSSR count). The molecule has 0 aliphatic heterocycles. The van der Waals surface area contributed by atoms with Crippen molar-refractivity contribution in [3.05, 3.63) is 0 Å². The lowest BCUT2D eigenvalue weighted by Crippen LogP contribution is -2.33. The molecule has 4 heteroatoms. The first-order valence-corrected chi connectivity index (χ1v) is 8.46. The Hall–Kier alpha value is -0.0900. The molecule has 0 saturated carbocycles. The predicted octanol–water partition coefficient (Wildman–Crippen LogP) is 2.61. The normalized spacial score (nSPS) is 16.1. The number of hydrogen-bond donors (Lipinski definition) is 1. The standard InChI is InChI=1S/C13H29NO2S/c1-6-13(5)17(15,16)10-9-14-12(4)8-7-11(2)3/h11-14H,6-10H2,1-5H3. The maximum Gasteiger partial charge on any atom is 0.154 e. The molecular formula is C13H29NO2S. The summed E-state index contributed by atoms with van der Waals surface area (Å²) in [5, 5.41) is 3.08. The lowest BCUT2D eigenvalue weighted by molar-refractivity contribution is 0.458. The molecule has 0 spiro atoms. The molecule has 0 aliphatic rings. The van der Waals surface area contributed by atoms with Gasteiger partial charge in [-0.1, -0.05) is 20.8 Å². The average molecular weight is 263 g/mol. The van der Waals surface area contributed by atoms with Crippen molar-refractivity contribution < 1.29 is 8.42 Å². The quantitative estimate of drug-likeness (QED) is 0.695. The number of nitrogens with one attached hydrogen (secondary N) is 1. The Bertz CT molecular complexity index is 286. The van der Waals surface area contributed by atoms with Gasteiger partial charge in [0.25, 0.3) is 0 Å². The van der Waals surface area contributed by atoms with E-state index < -0.39 is 9.84 Å². The monoisotopic (exact) mass is 263 g/mol. The molecular weight excluding hydrogens is 234 g/mol. The van der Waals surface area contributed by atoms with Crippen LogP contribution in [0.25, 0.3) is 0 Å². The fourth-order valence-corrected chi connectivity index (χ4v) is 2.90. The first-order valence-electron chi connectivity index (χ1n) is 6.74. The third kappa shape index (κ3) is 7.77. The summed E-state index contributed by atoms with van der Waals surface area (Å²) in [5.74, 6) is 0.969. The SMILES string of the molecule is CCC(C)S(=O)(=O)CCNC(C)CCC(C)C. The van der Waals surface area contributed by atoms with E-state index in [9.17, 15) is 8.42 Å². The summed E-state index contributed by atoms with van der Waals surface area (Å²) in [6.07, 6.45) is 3.00. The smallest absolute Gasteiger partial charge is 0.154 e. The summed E-state index contributed by atoms with van der Waals surface area (Å²) in [6, 6.07) is 0.407. The van der Waals surface area contributed by atoms with Gasteiger partial charge in [0.2, 0.25) is 0 Å². The minimum absolute atomic E-state index is 0.213. The third-order valence-electron chi connectivity index (χ3n) is 3.24. The summed E-state index contributed by atoms with van der Waals surface area (Å²) >= 11 is 0. The van der Waals surface area contributed by atoms with Crippen LogP contribution >= 0.6 is 0 Å². The Morgan fingerprint density at radius 2 is 1.65 bits per heavy atom. The molecule has 0 aliphatic carbocycles. The number of rotatable bonds is 9. The lowest BCUT2D eigenvalue weighted by Gasteiger charge is -2.16. The summed E-state index contributed by atoms with van der Waals surface area (Å²) in [6.45, 7) is 10.8. The van der Waals surface area contributed by atoms with E-state index in [0.717, 1.165) is 6.42 Å². The number of sulfone groups is 1. The minimum Gasteiger partial charge on any atom is -0.313 e. The molecule has 0 aromatic rings. The van der Waals surface area contributed by atoms with Gasteiger partial charge in [0.15, 0.2) is 9.84 Å². The Kier molecular flexibility index (Phi) is 8.05. The van der Waals surface area contributed by atoms with Crippen LogP contribution in [0.4, 0.5) is 0 Å². The van der Waals surface area contributed by atoms with Gasteiger partial charge >= 0.3 is 0 Å². The molecule has 0 saturated heterocycles. The van der Waals surface area contributed by atoms with E-state index in [1.165, 1.54) is 6.42 Å². The van der Waals surface area contributed by atoms with Crippen LogP contribution in [0.15, 0.2) is 0 Å². The van der Waals surface area contributed by atoms with Crippen molar-refractivity contribution >= 4 is 9.84 Å². The van der Waals surface area contributed by atoms with E-state index >= 15 is 0 Å². The van der Waals surface area contributed by atoms with E-state index in [2.05, 4.69) is 26.1 Å². The molecule has 1 N–H and O–H groups in total. The van der Waals surface area contributed by atoms with Gasteiger partial charge in [-0.25, -0.2) is 8.42 Å². The Labute approximate surface area is 107 Å². The third-order valence-corrected chi connectivity index (χ3v) is 5.58. The van der Waals surface area contributed by atoms with Gasteiger partial charge in [-0.3, -0.25) is 0 Å². The second kappa shape index (κ2) is 8.09. The molecule has 17 heavy (non-hydrogen) atoms. The van der Waals surface area contributed by atoms with Crippen molar-refractivity contribution in [2.45, 2.75) is 65.2 Å². The summed E-state index contributed by atoms with van der Waals surface area (Å²) in [7, 11) is -2.90. The first kappa shape index (κ1) is 16.9. The van der Waals surface area contributed by atoms with Crippen molar-refractivity contribution in [1.82, 2.24) is 5.32 Å². The van der Waals surface area contributed by atoms with Crippen LogP contribution in [0.2, 0.25) is 0 Å². The van der Waals surface area contributed by atoms with E-state index in [4.69, 9.17) is 0 Å². The molecule has 0 aromatic heterocycles. The van der Waals surface area contributed by atoms with Crippen LogP contribution in [0.5, 0.6) is 0 Å². The van der Waals surface area contributed by atoms with Crippen LogP contribution in [0.3, 0.4) is 0 Å². The highest BCUT2D eigenvalue weighted by Crippen LogP contribution is 2.07. The Morgan fingerprint density at radius 1 is 1.06 bits per heavy atom. The van der Waals surface area contributed by atoms with E-state index in [1.54, 1.807) is 6.92 Å². The van der Waals surface area contributed by atoms with Gasteiger partial charge in [-0.05, 0) is 39.0 Å². The molecule has 3 nitrogen and oxygen atoms in total. The van der Waals surface area contributed by atoms with Gasteiger partial charge in [0.1, 0.15) is 0 Å². The van der Waals surface area contributed by atoms with Crippen molar-refractivity contribution in [3.8, 4) is 0 Å². The highest BCUT2D eigenvalue weighted by atomic mass is 32.2. The molecule has 2 unspecified atom stereocenters. The highest BCUT2D eigenvalue weighted by Gasteiger charge is 2.18. The fraction of sp³-hybridized carbons (Fsp3) is 1.00. The van der Waals surface area contributed by atoms with E-state index in [0.29, 0.717) is 24.9 Å². The van der Waals surface area contributed by atoms with Gasteiger partial charge in [0, 0.05) is 12.6 Å². The van der Waals surface area contributed by atoms with Crippen molar-refractivity contribution in [3.63, 3.8) is 0 Å². The van der Waals surface area contributed by atoms with Crippen LogP contribution in [-0.2, 0) is 9.84 Å². The second-order valence-corrected chi connectivity index (χ2v) is 7.95. The predicted molar refractivity (Wildman–Crippen MR) is 75.1 cm³/mol. The van der Waals surface area contributed by atoms with Crippen molar-refractivity contribution in [2.24, 2.45) is 5.92 Å². The van der Waals surface area contributed by atoms with Crippen molar-refractivity contribution in [1.29, 1.82) is 0 Å². The molecule has 104 valence electrons. The van der Waals surface area contributed by atoms with Crippen LogP contribution in [0.1, 0.15) is 53.9 Å². The summed E-state index contributed by atoms with van der Waals surface area (Å²) in [4.78, 5) is 0. The van der Waals surface area contributed by atoms with Crippen LogP contribution in [0, 0.1) is 5.92 Å². The molecule has 0 heterocycles. The molecule has 0 aromatic carbocycles. The zero-order valence-corrected chi connectivity index (χ0v) is 12.8. The lowest BCUT2D eigenvalue weighted by atomic mass is 10.0. The topological polar surface area (TPSA) is 46.2 Å². The zero-order chi connectivity index (χ0) is 13.5. The fourth-order valence-electron chi connectivity index (χ4n) is 1.59. The van der Waals surface area contributed by atoms with Gasteiger partial charge < -0.3 is 5.32 Å². The summed E-state index contributed by atoms with van der Waals surface area (Å²) < 4.78 is 23.5. The number of hydrogen-bond acceptors (Lipinski definition) is 3. The van der Waals surface area contributed by atoms with Crippen LogP contribution < -0.4 is 5.32 Å². The van der Waals surface area contributed by atoms with Crippen molar-refractivity contribution in [2.75, 3.05) is 12.3 Å². The largest absolute Gasteiger partial charge is 0.313 e. The average Bonchev–Trinajstić information content (AvgIpc) is 2.24. The van der Waals surface area contributed by atoms with Gasteiger partial charge in [-0.2, -0.15) is 0 Å². The Morgan fingerprint density at radius 3 is 2.12 bits per heavy atom. The second-order valence-electron chi connectivity index (χ2n) is 5.41. The maximum atomic E-state index is 11.8. The van der Waals surface area contributed by atoms with Crippen LogP contribution in [-0.4, -0.2) is 32.0 Å². The molecule has 0 fully saturated rings. The zero-order valence-electron chi connectivity index (χ0n) is 12.0. The van der Waals surface area contributed by atoms with Gasteiger partial charge in [0.05, 0.1) is 11.0 Å². The molecule has 0 bridgehead atoms. The summed E-state index contributed by atoms with van der Waals surface area (Å²) in [5.41, 5.74) is 0.